The van der Waals surface area contributed by atoms with Crippen LogP contribution in [0.4, 0.5) is 0 Å². The fourth-order valence-corrected chi connectivity index (χ4v) is 2.44. The molecule has 6 heteroatoms. The van der Waals surface area contributed by atoms with Crippen molar-refractivity contribution in [2.75, 3.05) is 0 Å². The lowest BCUT2D eigenvalue weighted by atomic mass is 9.96. The Hall–Kier alpha value is -2.70. The van der Waals surface area contributed by atoms with E-state index >= 15 is 0 Å². The summed E-state index contributed by atoms with van der Waals surface area (Å²) in [4.78, 5) is 45.0. The molecule has 28 heavy (non-hydrogen) atoms. The number of carbonyl (C=O) groups excluding carboxylic acids is 2. The molecule has 2 rings (SSSR count). The van der Waals surface area contributed by atoms with Gasteiger partial charge in [-0.15, -0.1) is 9.78 Å². The van der Waals surface area contributed by atoms with Crippen molar-refractivity contribution in [1.29, 1.82) is 0 Å². The standard InChI is InChI=1S/C22H26O6/c1-4-5-12-17(2)22(3,27-25-20(23)18-13-8-6-9-14-18)28-26-21(24)19-15-10-7-11-16-19/h6-11,13-17H,4-5,12H2,1-3H3. The van der Waals surface area contributed by atoms with Crippen LogP contribution in [0.25, 0.3) is 0 Å². The molecule has 0 aliphatic rings. The maximum atomic E-state index is 12.2. The Morgan fingerprint density at radius 3 is 1.68 bits per heavy atom. The third-order valence-corrected chi connectivity index (χ3v) is 4.47. The largest absolute Gasteiger partial charge is 0.373 e. The van der Waals surface area contributed by atoms with Gasteiger partial charge in [0.15, 0.2) is 0 Å². The lowest BCUT2D eigenvalue weighted by molar-refractivity contribution is -0.482. The van der Waals surface area contributed by atoms with Crippen LogP contribution in [-0.2, 0) is 19.6 Å². The predicted octanol–water partition coefficient (Wildman–Crippen LogP) is 5.11. The zero-order valence-corrected chi connectivity index (χ0v) is 16.4. The molecule has 2 aromatic carbocycles. The fourth-order valence-electron chi connectivity index (χ4n) is 2.44. The summed E-state index contributed by atoms with van der Waals surface area (Å²) >= 11 is 0. The van der Waals surface area contributed by atoms with Gasteiger partial charge >= 0.3 is 11.9 Å². The summed E-state index contributed by atoms with van der Waals surface area (Å²) in [6.45, 7) is 5.52. The molecule has 150 valence electrons. The second-order valence-corrected chi connectivity index (χ2v) is 6.70. The molecule has 0 aliphatic heterocycles. The lowest BCUT2D eigenvalue weighted by Crippen LogP contribution is -2.41. The lowest BCUT2D eigenvalue weighted by Gasteiger charge is -2.31. The van der Waals surface area contributed by atoms with Crippen molar-refractivity contribution in [2.45, 2.75) is 45.8 Å². The Kier molecular flexibility index (Phi) is 8.17. The molecule has 0 radical (unpaired) electrons. The van der Waals surface area contributed by atoms with Crippen molar-refractivity contribution in [2.24, 2.45) is 5.92 Å². The summed E-state index contributed by atoms with van der Waals surface area (Å²) in [5.74, 6) is -2.98. The first-order chi connectivity index (χ1) is 13.5. The summed E-state index contributed by atoms with van der Waals surface area (Å²) in [5, 5.41) is 0. The molecule has 0 saturated heterocycles. The van der Waals surface area contributed by atoms with Gasteiger partial charge in [0.25, 0.3) is 5.79 Å². The van der Waals surface area contributed by atoms with Crippen LogP contribution in [0.1, 0.15) is 60.7 Å². The van der Waals surface area contributed by atoms with Gasteiger partial charge in [0.2, 0.25) is 0 Å². The van der Waals surface area contributed by atoms with Gasteiger partial charge in [-0.05, 0) is 37.6 Å². The van der Waals surface area contributed by atoms with Crippen molar-refractivity contribution < 1.29 is 29.1 Å². The SMILES string of the molecule is CCCCC(C)C(C)(OOC(=O)c1ccccc1)OOC(=O)c1ccccc1. The van der Waals surface area contributed by atoms with Crippen molar-refractivity contribution in [3.8, 4) is 0 Å². The zero-order chi connectivity index (χ0) is 20.4. The summed E-state index contributed by atoms with van der Waals surface area (Å²) in [6, 6.07) is 16.9. The van der Waals surface area contributed by atoms with Crippen LogP contribution < -0.4 is 0 Å². The Bertz CT molecular complexity index is 689. The smallest absolute Gasteiger partial charge is 0.290 e. The quantitative estimate of drug-likeness (QED) is 0.321. The van der Waals surface area contributed by atoms with Crippen molar-refractivity contribution in [1.82, 2.24) is 0 Å². The van der Waals surface area contributed by atoms with Gasteiger partial charge in [0, 0.05) is 5.92 Å². The molecule has 0 amide bonds. The van der Waals surface area contributed by atoms with E-state index in [1.165, 1.54) is 0 Å². The van der Waals surface area contributed by atoms with Crippen LogP contribution in [0.2, 0.25) is 0 Å². The molecule has 0 saturated carbocycles. The Balaban J connectivity index is 2.04. The molecule has 1 atom stereocenters. The van der Waals surface area contributed by atoms with E-state index in [2.05, 4.69) is 6.92 Å². The molecule has 0 spiro atoms. The van der Waals surface area contributed by atoms with E-state index in [0.717, 1.165) is 19.3 Å². The number of hydrogen-bond donors (Lipinski definition) is 0. The molecule has 6 nitrogen and oxygen atoms in total. The minimum Gasteiger partial charge on any atom is -0.290 e. The van der Waals surface area contributed by atoms with E-state index in [9.17, 15) is 9.59 Å². The van der Waals surface area contributed by atoms with Gasteiger partial charge in [-0.1, -0.05) is 63.1 Å². The van der Waals surface area contributed by atoms with Crippen molar-refractivity contribution in [3.63, 3.8) is 0 Å². The van der Waals surface area contributed by atoms with E-state index in [4.69, 9.17) is 19.6 Å². The Labute approximate surface area is 165 Å². The zero-order valence-electron chi connectivity index (χ0n) is 16.4. The second-order valence-electron chi connectivity index (χ2n) is 6.70. The van der Waals surface area contributed by atoms with Gasteiger partial charge in [-0.25, -0.2) is 9.59 Å². The van der Waals surface area contributed by atoms with Crippen molar-refractivity contribution >= 4 is 11.9 Å². The fraction of sp³-hybridized carbons (Fsp3) is 0.364. The maximum absolute atomic E-state index is 12.2. The van der Waals surface area contributed by atoms with Gasteiger partial charge in [-0.2, -0.15) is 0 Å². The first-order valence-electron chi connectivity index (χ1n) is 9.36. The third-order valence-electron chi connectivity index (χ3n) is 4.47. The average Bonchev–Trinajstić information content (AvgIpc) is 2.75. The molecule has 1 unspecified atom stereocenters. The molecule has 0 bridgehead atoms. The highest BCUT2D eigenvalue weighted by atomic mass is 17.3. The highest BCUT2D eigenvalue weighted by molar-refractivity contribution is 5.89. The minimum absolute atomic E-state index is 0.209. The van der Waals surface area contributed by atoms with Crippen LogP contribution in [0.5, 0.6) is 0 Å². The summed E-state index contributed by atoms with van der Waals surface area (Å²) in [6.07, 6.45) is 2.63. The molecule has 0 fully saturated rings. The Morgan fingerprint density at radius 2 is 1.29 bits per heavy atom. The molecule has 2 aromatic rings. The normalized spacial score (nSPS) is 12.2. The van der Waals surface area contributed by atoms with Gasteiger partial charge in [0.1, 0.15) is 0 Å². The van der Waals surface area contributed by atoms with Crippen LogP contribution in [0, 0.1) is 5.92 Å². The molecule has 0 aromatic heterocycles. The number of benzene rings is 2. The minimum atomic E-state index is -1.45. The van der Waals surface area contributed by atoms with E-state index in [1.54, 1.807) is 67.6 Å². The number of unbranched alkanes of at least 4 members (excludes halogenated alkanes) is 1. The predicted molar refractivity (Wildman–Crippen MR) is 103 cm³/mol. The summed E-state index contributed by atoms with van der Waals surface area (Å²) < 4.78 is 0. The van der Waals surface area contributed by atoms with Crippen LogP contribution in [-0.4, -0.2) is 17.7 Å². The number of carbonyl (C=O) groups is 2. The number of hydrogen-bond acceptors (Lipinski definition) is 6. The van der Waals surface area contributed by atoms with E-state index in [0.29, 0.717) is 11.1 Å². The molecule has 0 N–H and O–H groups in total. The first-order valence-corrected chi connectivity index (χ1v) is 9.36. The molecule has 0 heterocycles. The maximum Gasteiger partial charge on any atom is 0.373 e. The summed E-state index contributed by atoms with van der Waals surface area (Å²) in [7, 11) is 0. The van der Waals surface area contributed by atoms with Gasteiger partial charge in [0.05, 0.1) is 11.1 Å². The van der Waals surface area contributed by atoms with E-state index in [1.807, 2.05) is 6.92 Å². The monoisotopic (exact) mass is 386 g/mol. The summed E-state index contributed by atoms with van der Waals surface area (Å²) in [5.41, 5.74) is 0.680. The van der Waals surface area contributed by atoms with Crippen LogP contribution in [0.15, 0.2) is 60.7 Å². The average molecular weight is 386 g/mol. The molecular weight excluding hydrogens is 360 g/mol. The van der Waals surface area contributed by atoms with Crippen molar-refractivity contribution in [3.05, 3.63) is 71.8 Å². The van der Waals surface area contributed by atoms with Gasteiger partial charge < -0.3 is 0 Å². The van der Waals surface area contributed by atoms with Gasteiger partial charge in [-0.3, -0.25) is 9.78 Å². The van der Waals surface area contributed by atoms with Crippen LogP contribution >= 0.6 is 0 Å². The third kappa shape index (κ3) is 6.18. The molecular formula is C22H26O6. The van der Waals surface area contributed by atoms with E-state index < -0.39 is 17.7 Å². The second kappa shape index (κ2) is 10.6. The topological polar surface area (TPSA) is 71.1 Å². The first kappa shape index (κ1) is 21.6. The number of rotatable bonds is 10. The highest BCUT2D eigenvalue weighted by Gasteiger charge is 2.39. The van der Waals surface area contributed by atoms with Crippen LogP contribution in [0.3, 0.4) is 0 Å². The van der Waals surface area contributed by atoms with E-state index in [-0.39, 0.29) is 5.92 Å². The molecule has 0 aliphatic carbocycles. The highest BCUT2D eigenvalue weighted by Crippen LogP contribution is 2.29. The Morgan fingerprint density at radius 1 is 0.857 bits per heavy atom.